The second-order valence-electron chi connectivity index (χ2n) is 23.9. The summed E-state index contributed by atoms with van der Waals surface area (Å²) < 4.78 is 5.49. The third kappa shape index (κ3) is 64.6. The normalized spacial score (nSPS) is 12.9. The van der Waals surface area contributed by atoms with Gasteiger partial charge in [0, 0.05) is 12.8 Å². The Morgan fingerprint density at radius 1 is 0.354 bits per heavy atom. The van der Waals surface area contributed by atoms with E-state index in [2.05, 4.69) is 67.8 Å². The van der Waals surface area contributed by atoms with Gasteiger partial charge in [-0.2, -0.15) is 0 Å². The van der Waals surface area contributed by atoms with Crippen molar-refractivity contribution in [3.63, 3.8) is 0 Å². The molecule has 462 valence electrons. The van der Waals surface area contributed by atoms with E-state index in [1.54, 1.807) is 6.08 Å². The molecule has 0 heterocycles. The van der Waals surface area contributed by atoms with Crippen LogP contribution in [0.25, 0.3) is 0 Å². The first-order chi connectivity index (χ1) is 39.0. The van der Waals surface area contributed by atoms with Gasteiger partial charge in [0.05, 0.1) is 25.4 Å². The topological polar surface area (TPSA) is 95.9 Å². The molecule has 3 N–H and O–H groups in total. The van der Waals surface area contributed by atoms with Gasteiger partial charge < -0.3 is 20.3 Å². The van der Waals surface area contributed by atoms with E-state index in [0.29, 0.717) is 19.4 Å². The molecule has 0 aliphatic heterocycles. The van der Waals surface area contributed by atoms with Gasteiger partial charge in [0.1, 0.15) is 0 Å². The maximum Gasteiger partial charge on any atom is 0.305 e. The van der Waals surface area contributed by atoms with E-state index in [0.717, 1.165) is 57.8 Å². The maximum absolute atomic E-state index is 12.5. The predicted molar refractivity (Wildman–Crippen MR) is 347 cm³/mol. The van der Waals surface area contributed by atoms with Gasteiger partial charge in [0.15, 0.2) is 0 Å². The summed E-state index contributed by atoms with van der Waals surface area (Å²) in [5, 5.41) is 23.1. The molecule has 2 atom stereocenters. The zero-order chi connectivity index (χ0) is 57.1. The van der Waals surface area contributed by atoms with Crippen molar-refractivity contribution in [1.82, 2.24) is 5.32 Å². The van der Waals surface area contributed by atoms with Gasteiger partial charge in [-0.05, 0) is 96.3 Å². The summed E-state index contributed by atoms with van der Waals surface area (Å²) in [6, 6.07) is -0.628. The third-order valence-corrected chi connectivity index (χ3v) is 16.0. The SMILES string of the molecule is CCCCC/C=C\C/C=C\CCCCCCCCCC(=O)OCCCCCCCCCCC/C=C\C/C=C\CCCCCCCCCCCCCCCCCC(=O)NC(CO)C(O)/C=C/CCCCCCCCCCCCCC. The van der Waals surface area contributed by atoms with Crippen molar-refractivity contribution < 1.29 is 24.5 Å². The summed E-state index contributed by atoms with van der Waals surface area (Å²) in [5.74, 6) is -0.0617. The van der Waals surface area contributed by atoms with E-state index in [4.69, 9.17) is 4.74 Å². The number of carbonyl (C=O) groups excluding carboxylic acids is 2. The van der Waals surface area contributed by atoms with E-state index >= 15 is 0 Å². The largest absolute Gasteiger partial charge is 0.466 e. The molecule has 0 saturated heterocycles. The number of ether oxygens (including phenoxy) is 1. The highest BCUT2D eigenvalue weighted by molar-refractivity contribution is 5.76. The van der Waals surface area contributed by atoms with Crippen molar-refractivity contribution in [2.75, 3.05) is 13.2 Å². The molecule has 0 bridgehead atoms. The average molecular weight is 1110 g/mol. The Labute approximate surface area is 492 Å². The average Bonchev–Trinajstić information content (AvgIpc) is 3.45. The number of aliphatic hydroxyl groups is 2. The molecular formula is C73H135NO5. The summed E-state index contributed by atoms with van der Waals surface area (Å²) in [4.78, 5) is 24.6. The Morgan fingerprint density at radius 2 is 0.633 bits per heavy atom. The van der Waals surface area contributed by atoms with Crippen molar-refractivity contribution in [2.24, 2.45) is 0 Å². The Hall–Kier alpha value is -2.44. The van der Waals surface area contributed by atoms with Crippen LogP contribution in [0.3, 0.4) is 0 Å². The minimum absolute atomic E-state index is 0.00489. The molecule has 0 radical (unpaired) electrons. The van der Waals surface area contributed by atoms with Gasteiger partial charge in [-0.1, -0.05) is 319 Å². The standard InChI is InChI=1S/C73H135NO5/c1-3-5-7-9-11-13-15-17-19-35-39-43-47-51-55-59-63-67-73(78)79-68-64-60-56-52-48-44-40-37-34-32-30-28-26-24-22-20-21-23-25-27-29-31-33-36-38-42-46-50-54-58-62-66-72(77)74-70(69-75)71(76)65-61-57-53-49-45-41-18-16-14-12-10-8-6-4-2/h11,13,17,19,22,24,28,30,61,65,70-71,75-76H,3-10,12,14-16,18,20-21,23,25-27,29,31-60,62-64,66-69H2,1-2H3,(H,74,77)/b13-11-,19-17-,24-22-,30-28-,65-61+. The lowest BCUT2D eigenvalue weighted by atomic mass is 10.0. The molecule has 0 saturated carbocycles. The number of allylic oxidation sites excluding steroid dienone is 9. The second-order valence-corrected chi connectivity index (χ2v) is 23.9. The molecule has 2 unspecified atom stereocenters. The molecule has 1 amide bonds. The molecule has 79 heavy (non-hydrogen) atoms. The van der Waals surface area contributed by atoms with E-state index < -0.39 is 12.1 Å². The highest BCUT2D eigenvalue weighted by Gasteiger charge is 2.18. The number of esters is 1. The number of hydrogen-bond donors (Lipinski definition) is 3. The monoisotopic (exact) mass is 1110 g/mol. The minimum Gasteiger partial charge on any atom is -0.466 e. The van der Waals surface area contributed by atoms with Crippen molar-refractivity contribution in [2.45, 2.75) is 379 Å². The summed E-state index contributed by atoms with van der Waals surface area (Å²) in [6.07, 6.45) is 90.1. The van der Waals surface area contributed by atoms with E-state index in [1.165, 1.54) is 283 Å². The van der Waals surface area contributed by atoms with Crippen molar-refractivity contribution >= 4 is 11.9 Å². The quantitative estimate of drug-likeness (QED) is 0.0320. The Bertz CT molecular complexity index is 1370. The van der Waals surface area contributed by atoms with Gasteiger partial charge >= 0.3 is 5.97 Å². The van der Waals surface area contributed by atoms with Crippen molar-refractivity contribution in [3.8, 4) is 0 Å². The predicted octanol–water partition coefficient (Wildman–Crippen LogP) is 22.6. The first-order valence-electron chi connectivity index (χ1n) is 35.1. The zero-order valence-corrected chi connectivity index (χ0v) is 52.9. The number of amides is 1. The molecule has 0 rings (SSSR count). The molecular weight excluding hydrogens is 971 g/mol. The van der Waals surface area contributed by atoms with E-state index in [1.807, 2.05) is 6.08 Å². The number of hydrogen-bond acceptors (Lipinski definition) is 5. The van der Waals surface area contributed by atoms with E-state index in [9.17, 15) is 19.8 Å². The number of unbranched alkanes of at least 4 members (excludes halogenated alkanes) is 46. The number of aliphatic hydroxyl groups excluding tert-OH is 2. The Morgan fingerprint density at radius 3 is 0.987 bits per heavy atom. The third-order valence-electron chi connectivity index (χ3n) is 16.0. The van der Waals surface area contributed by atoms with Gasteiger partial charge in [-0.3, -0.25) is 9.59 Å². The molecule has 0 aromatic carbocycles. The summed E-state index contributed by atoms with van der Waals surface area (Å²) in [6.45, 7) is 4.89. The Balaban J connectivity index is 3.40. The number of nitrogens with one attached hydrogen (secondary N) is 1. The van der Waals surface area contributed by atoms with Crippen LogP contribution in [0, 0.1) is 0 Å². The van der Waals surface area contributed by atoms with Gasteiger partial charge in [-0.25, -0.2) is 0 Å². The number of rotatable bonds is 65. The molecule has 6 heteroatoms. The van der Waals surface area contributed by atoms with Crippen LogP contribution < -0.4 is 5.32 Å². The van der Waals surface area contributed by atoms with Crippen LogP contribution in [0.4, 0.5) is 0 Å². The van der Waals surface area contributed by atoms with Crippen LogP contribution in [-0.4, -0.2) is 47.4 Å². The Kier molecular flexibility index (Phi) is 66.0. The molecule has 0 aliphatic rings. The minimum atomic E-state index is -0.844. The maximum atomic E-state index is 12.5. The van der Waals surface area contributed by atoms with Crippen molar-refractivity contribution in [1.29, 1.82) is 0 Å². The summed E-state index contributed by atoms with van der Waals surface area (Å²) in [7, 11) is 0. The van der Waals surface area contributed by atoms with Crippen LogP contribution >= 0.6 is 0 Å². The van der Waals surface area contributed by atoms with Crippen molar-refractivity contribution in [3.05, 3.63) is 60.8 Å². The first-order valence-corrected chi connectivity index (χ1v) is 35.1. The zero-order valence-electron chi connectivity index (χ0n) is 52.9. The molecule has 0 aromatic heterocycles. The van der Waals surface area contributed by atoms with Crippen LogP contribution in [-0.2, 0) is 14.3 Å². The molecule has 0 aromatic rings. The first kappa shape index (κ1) is 76.6. The van der Waals surface area contributed by atoms with Gasteiger partial charge in [0.25, 0.3) is 0 Å². The van der Waals surface area contributed by atoms with Crippen LogP contribution in [0.2, 0.25) is 0 Å². The van der Waals surface area contributed by atoms with Gasteiger partial charge in [0.2, 0.25) is 5.91 Å². The number of carbonyl (C=O) groups is 2. The van der Waals surface area contributed by atoms with Crippen LogP contribution in [0.1, 0.15) is 367 Å². The fraction of sp³-hybridized carbons (Fsp3) is 0.836. The molecule has 0 spiro atoms. The lowest BCUT2D eigenvalue weighted by Crippen LogP contribution is -2.45. The highest BCUT2D eigenvalue weighted by Crippen LogP contribution is 2.17. The summed E-state index contributed by atoms with van der Waals surface area (Å²) in [5.41, 5.74) is 0. The molecule has 0 aliphatic carbocycles. The lowest BCUT2D eigenvalue weighted by molar-refractivity contribution is -0.143. The highest BCUT2D eigenvalue weighted by atomic mass is 16.5. The van der Waals surface area contributed by atoms with Crippen LogP contribution in [0.5, 0.6) is 0 Å². The van der Waals surface area contributed by atoms with Gasteiger partial charge in [-0.15, -0.1) is 0 Å². The molecule has 6 nitrogen and oxygen atoms in total. The lowest BCUT2D eigenvalue weighted by Gasteiger charge is -2.20. The van der Waals surface area contributed by atoms with Crippen LogP contribution in [0.15, 0.2) is 60.8 Å². The fourth-order valence-electron chi connectivity index (χ4n) is 10.6. The fourth-order valence-corrected chi connectivity index (χ4v) is 10.6. The summed E-state index contributed by atoms with van der Waals surface area (Å²) >= 11 is 0. The van der Waals surface area contributed by atoms with E-state index in [-0.39, 0.29) is 18.5 Å². The smallest absolute Gasteiger partial charge is 0.305 e. The second kappa shape index (κ2) is 68.1. The molecule has 0 fully saturated rings.